The maximum Gasteiger partial charge on any atom is 0.236 e. The van der Waals surface area contributed by atoms with Crippen molar-refractivity contribution in [2.75, 3.05) is 23.4 Å². The van der Waals surface area contributed by atoms with Crippen molar-refractivity contribution in [3.8, 4) is 5.75 Å². The lowest BCUT2D eigenvalue weighted by atomic mass is 9.93. The molecule has 2 aromatic carbocycles. The highest BCUT2D eigenvalue weighted by Crippen LogP contribution is 2.38. The third-order valence-electron chi connectivity index (χ3n) is 4.74. The summed E-state index contributed by atoms with van der Waals surface area (Å²) in [4.78, 5) is 26.8. The zero-order chi connectivity index (χ0) is 20.1. The zero-order valence-electron chi connectivity index (χ0n) is 16.4. The fraction of sp³-hybridized carbons (Fsp3) is 0.304. The number of benzene rings is 2. The van der Waals surface area contributed by atoms with Gasteiger partial charge in [0.15, 0.2) is 0 Å². The van der Waals surface area contributed by atoms with Crippen LogP contribution in [0.25, 0.3) is 0 Å². The molecule has 3 rings (SSSR count). The summed E-state index contributed by atoms with van der Waals surface area (Å²) in [6.07, 6.45) is 2.78. The second kappa shape index (κ2) is 8.30. The van der Waals surface area contributed by atoms with Gasteiger partial charge < -0.3 is 15.0 Å². The summed E-state index contributed by atoms with van der Waals surface area (Å²) in [5.74, 6) is 0.518. The lowest BCUT2D eigenvalue weighted by Gasteiger charge is -2.27. The van der Waals surface area contributed by atoms with E-state index >= 15 is 0 Å². The van der Waals surface area contributed by atoms with E-state index in [0.29, 0.717) is 36.5 Å². The molecule has 0 spiro atoms. The van der Waals surface area contributed by atoms with Crippen LogP contribution in [0.5, 0.6) is 5.75 Å². The van der Waals surface area contributed by atoms with Crippen molar-refractivity contribution in [2.45, 2.75) is 26.7 Å². The van der Waals surface area contributed by atoms with Gasteiger partial charge in [-0.2, -0.15) is 0 Å². The van der Waals surface area contributed by atoms with Gasteiger partial charge in [0.1, 0.15) is 12.4 Å². The molecule has 1 aliphatic rings. The minimum Gasteiger partial charge on any atom is -0.490 e. The molecule has 1 N–H and O–H groups in total. The summed E-state index contributed by atoms with van der Waals surface area (Å²) in [6, 6.07) is 15.3. The Balaban J connectivity index is 1.73. The Morgan fingerprint density at radius 3 is 2.71 bits per heavy atom. The van der Waals surface area contributed by atoms with Gasteiger partial charge in [-0.3, -0.25) is 9.59 Å². The summed E-state index contributed by atoms with van der Waals surface area (Å²) in [7, 11) is 0. The topological polar surface area (TPSA) is 58.6 Å². The first-order valence-electron chi connectivity index (χ1n) is 9.44. The van der Waals surface area contributed by atoms with Gasteiger partial charge in [-0.1, -0.05) is 36.4 Å². The van der Waals surface area contributed by atoms with Crippen LogP contribution in [0, 0.1) is 5.41 Å². The Morgan fingerprint density at radius 2 is 2.00 bits per heavy atom. The molecule has 0 saturated heterocycles. The van der Waals surface area contributed by atoms with Crippen molar-refractivity contribution in [3.05, 3.63) is 66.7 Å². The average Bonchev–Trinajstić information content (AvgIpc) is 2.78. The number of fused-ring (bicyclic) bond motifs is 1. The van der Waals surface area contributed by atoms with E-state index in [1.807, 2.05) is 50.2 Å². The van der Waals surface area contributed by atoms with Crippen LogP contribution < -0.4 is 15.0 Å². The Hall–Kier alpha value is -3.08. The molecule has 0 saturated carbocycles. The fourth-order valence-corrected chi connectivity index (χ4v) is 3.16. The average molecular weight is 378 g/mol. The van der Waals surface area contributed by atoms with Gasteiger partial charge in [0.2, 0.25) is 11.8 Å². The minimum atomic E-state index is -0.638. The first-order valence-corrected chi connectivity index (χ1v) is 9.44. The van der Waals surface area contributed by atoms with Gasteiger partial charge in [0.25, 0.3) is 0 Å². The molecule has 28 heavy (non-hydrogen) atoms. The molecule has 2 amide bonds. The number of nitrogens with one attached hydrogen (secondary N) is 1. The molecule has 5 heteroatoms. The van der Waals surface area contributed by atoms with Crippen molar-refractivity contribution in [2.24, 2.45) is 5.41 Å². The Kier molecular flexibility index (Phi) is 5.83. The van der Waals surface area contributed by atoms with Crippen molar-refractivity contribution in [3.63, 3.8) is 0 Å². The van der Waals surface area contributed by atoms with Crippen LogP contribution in [-0.4, -0.2) is 25.0 Å². The third-order valence-corrected chi connectivity index (χ3v) is 4.74. The molecule has 0 fully saturated rings. The number of carbonyl (C=O) groups excluding carboxylic acids is 2. The molecule has 5 nitrogen and oxygen atoms in total. The normalized spacial score (nSPS) is 15.2. The summed E-state index contributed by atoms with van der Waals surface area (Å²) in [5.41, 5.74) is 1.84. The highest BCUT2D eigenvalue weighted by molar-refractivity contribution is 6.00. The molecule has 0 aliphatic carbocycles. The lowest BCUT2D eigenvalue weighted by molar-refractivity contribution is -0.127. The van der Waals surface area contributed by atoms with Gasteiger partial charge in [-0.15, -0.1) is 6.58 Å². The Bertz CT molecular complexity index is 875. The van der Waals surface area contributed by atoms with Crippen molar-refractivity contribution >= 4 is 23.2 Å². The number of hydrogen-bond acceptors (Lipinski definition) is 3. The van der Waals surface area contributed by atoms with Gasteiger partial charge in [0.05, 0.1) is 11.1 Å². The van der Waals surface area contributed by atoms with E-state index in [-0.39, 0.29) is 18.4 Å². The molecular formula is C23H26N2O3. The summed E-state index contributed by atoms with van der Waals surface area (Å²) < 4.78 is 5.91. The molecule has 0 unspecified atom stereocenters. The number of aryl methyl sites for hydroxylation is 1. The van der Waals surface area contributed by atoms with E-state index in [4.69, 9.17) is 4.74 Å². The summed E-state index contributed by atoms with van der Waals surface area (Å²) in [6.45, 7) is 8.16. The summed E-state index contributed by atoms with van der Waals surface area (Å²) >= 11 is 0. The van der Waals surface area contributed by atoms with Crippen LogP contribution in [-0.2, 0) is 16.0 Å². The largest absolute Gasteiger partial charge is 0.490 e. The van der Waals surface area contributed by atoms with Gasteiger partial charge in [0, 0.05) is 24.7 Å². The van der Waals surface area contributed by atoms with Crippen LogP contribution in [0.1, 0.15) is 25.8 Å². The highest BCUT2D eigenvalue weighted by atomic mass is 16.5. The number of carbonyl (C=O) groups is 2. The first kappa shape index (κ1) is 19.7. The van der Waals surface area contributed by atoms with Crippen LogP contribution in [0.4, 0.5) is 11.4 Å². The molecule has 0 radical (unpaired) electrons. The monoisotopic (exact) mass is 378 g/mol. The number of anilines is 2. The predicted molar refractivity (Wildman–Crippen MR) is 112 cm³/mol. The third kappa shape index (κ3) is 4.42. The summed E-state index contributed by atoms with van der Waals surface area (Å²) in [5, 5.41) is 2.92. The smallest absolute Gasteiger partial charge is 0.236 e. The second-order valence-electron chi connectivity index (χ2n) is 7.59. The maximum absolute atomic E-state index is 12.8. The Morgan fingerprint density at radius 1 is 1.25 bits per heavy atom. The van der Waals surface area contributed by atoms with Crippen LogP contribution in [0.2, 0.25) is 0 Å². The standard InChI is InChI=1S/C23H26N2O3/c1-4-14-25-19-12-11-18(15-20(19)28-16-23(2,3)22(25)27)24-21(26)13-10-17-8-6-5-7-9-17/h4-9,11-12,15H,1,10,13-14,16H2,2-3H3,(H,24,26). The van der Waals surface area contributed by atoms with Crippen LogP contribution in [0.15, 0.2) is 61.2 Å². The molecule has 1 aliphatic heterocycles. The molecular weight excluding hydrogens is 352 g/mol. The minimum absolute atomic E-state index is 0.00852. The van der Waals surface area contributed by atoms with E-state index in [9.17, 15) is 9.59 Å². The zero-order valence-corrected chi connectivity index (χ0v) is 16.4. The highest BCUT2D eigenvalue weighted by Gasteiger charge is 2.37. The van der Waals surface area contributed by atoms with Crippen molar-refractivity contribution < 1.29 is 14.3 Å². The van der Waals surface area contributed by atoms with E-state index in [0.717, 1.165) is 5.56 Å². The molecule has 1 heterocycles. The SMILES string of the molecule is C=CCN1C(=O)C(C)(C)COc2cc(NC(=O)CCc3ccccc3)ccc21. The van der Waals surface area contributed by atoms with Gasteiger partial charge >= 0.3 is 0 Å². The number of nitrogens with zero attached hydrogens (tertiary/aromatic N) is 1. The first-order chi connectivity index (χ1) is 13.4. The second-order valence-corrected chi connectivity index (χ2v) is 7.59. The number of ether oxygens (including phenoxy) is 1. The number of amides is 2. The molecule has 0 atom stereocenters. The molecule has 2 aromatic rings. The number of hydrogen-bond donors (Lipinski definition) is 1. The fourth-order valence-electron chi connectivity index (χ4n) is 3.16. The Labute approximate surface area is 166 Å². The predicted octanol–water partition coefficient (Wildman–Crippen LogP) is 4.20. The van der Waals surface area contributed by atoms with Crippen LogP contribution in [0.3, 0.4) is 0 Å². The van der Waals surface area contributed by atoms with Crippen molar-refractivity contribution in [1.29, 1.82) is 0 Å². The van der Waals surface area contributed by atoms with Gasteiger partial charge in [-0.05, 0) is 38.0 Å². The van der Waals surface area contributed by atoms with E-state index < -0.39 is 5.41 Å². The van der Waals surface area contributed by atoms with E-state index in [2.05, 4.69) is 11.9 Å². The number of rotatable bonds is 6. The quantitative estimate of drug-likeness (QED) is 0.767. The van der Waals surface area contributed by atoms with Gasteiger partial charge in [-0.25, -0.2) is 0 Å². The van der Waals surface area contributed by atoms with Crippen molar-refractivity contribution in [1.82, 2.24) is 0 Å². The molecule has 0 aromatic heterocycles. The maximum atomic E-state index is 12.8. The molecule has 0 bridgehead atoms. The lowest BCUT2D eigenvalue weighted by Crippen LogP contribution is -2.42. The van der Waals surface area contributed by atoms with E-state index in [1.54, 1.807) is 23.1 Å². The van der Waals surface area contributed by atoms with E-state index in [1.165, 1.54) is 0 Å². The van der Waals surface area contributed by atoms with Crippen LogP contribution >= 0.6 is 0 Å². The molecule has 146 valence electrons.